The molecule has 0 fully saturated rings. The Morgan fingerprint density at radius 2 is 2.11 bits per heavy atom. The molecule has 1 unspecified atom stereocenters. The molecule has 1 heterocycles. The van der Waals surface area contributed by atoms with Gasteiger partial charge in [0.05, 0.1) is 6.04 Å². The van der Waals surface area contributed by atoms with E-state index in [1.807, 2.05) is 13.0 Å². The highest BCUT2D eigenvalue weighted by Crippen LogP contribution is 2.31. The lowest BCUT2D eigenvalue weighted by atomic mass is 9.88. The second-order valence-corrected chi connectivity index (χ2v) is 4.83. The van der Waals surface area contributed by atoms with Crippen molar-refractivity contribution in [2.24, 2.45) is 0 Å². The Hall–Kier alpha value is -1.90. The monoisotopic (exact) mass is 239 g/mol. The molecule has 3 rings (SSSR count). The van der Waals surface area contributed by atoms with Gasteiger partial charge in [0.1, 0.15) is 12.1 Å². The number of aromatic nitrogens is 2. The van der Waals surface area contributed by atoms with Gasteiger partial charge in [0.15, 0.2) is 0 Å². The zero-order valence-corrected chi connectivity index (χ0v) is 10.6. The highest BCUT2D eigenvalue weighted by molar-refractivity contribution is 5.42. The summed E-state index contributed by atoms with van der Waals surface area (Å²) in [6, 6.07) is 11.1. The lowest BCUT2D eigenvalue weighted by molar-refractivity contribution is 0.598. The van der Waals surface area contributed by atoms with Crippen LogP contribution in [0.25, 0.3) is 0 Å². The lowest BCUT2D eigenvalue weighted by Gasteiger charge is -2.26. The van der Waals surface area contributed by atoms with Gasteiger partial charge in [-0.2, -0.15) is 0 Å². The SMILES string of the molecule is Cc1cc(NC2CCCc3ccccc32)ncn1. The van der Waals surface area contributed by atoms with Crippen molar-refractivity contribution in [1.82, 2.24) is 9.97 Å². The van der Waals surface area contributed by atoms with Crippen molar-refractivity contribution in [3.63, 3.8) is 0 Å². The minimum absolute atomic E-state index is 0.379. The number of fused-ring (bicyclic) bond motifs is 1. The fourth-order valence-corrected chi connectivity index (χ4v) is 2.62. The maximum Gasteiger partial charge on any atom is 0.130 e. The molecule has 0 aliphatic heterocycles. The fraction of sp³-hybridized carbons (Fsp3) is 0.333. The number of nitrogens with zero attached hydrogens (tertiary/aromatic N) is 2. The molecule has 0 saturated carbocycles. The summed E-state index contributed by atoms with van der Waals surface area (Å²) in [5.41, 5.74) is 3.88. The summed E-state index contributed by atoms with van der Waals surface area (Å²) in [4.78, 5) is 8.41. The number of hydrogen-bond donors (Lipinski definition) is 1. The Morgan fingerprint density at radius 1 is 1.22 bits per heavy atom. The largest absolute Gasteiger partial charge is 0.363 e. The van der Waals surface area contributed by atoms with Gasteiger partial charge in [-0.3, -0.25) is 0 Å². The van der Waals surface area contributed by atoms with E-state index in [-0.39, 0.29) is 0 Å². The summed E-state index contributed by atoms with van der Waals surface area (Å²) >= 11 is 0. The fourth-order valence-electron chi connectivity index (χ4n) is 2.62. The molecule has 3 nitrogen and oxygen atoms in total. The van der Waals surface area contributed by atoms with E-state index < -0.39 is 0 Å². The van der Waals surface area contributed by atoms with Crippen molar-refractivity contribution in [3.8, 4) is 0 Å². The molecule has 1 aliphatic carbocycles. The third kappa shape index (κ3) is 2.21. The zero-order chi connectivity index (χ0) is 12.4. The third-order valence-corrected chi connectivity index (χ3v) is 3.50. The first-order valence-electron chi connectivity index (χ1n) is 6.46. The van der Waals surface area contributed by atoms with E-state index in [0.29, 0.717) is 6.04 Å². The van der Waals surface area contributed by atoms with Crippen LogP contribution >= 0.6 is 0 Å². The summed E-state index contributed by atoms with van der Waals surface area (Å²) in [5.74, 6) is 0.921. The molecule has 1 N–H and O–H groups in total. The molecule has 2 aromatic rings. The molecule has 0 radical (unpaired) electrons. The number of nitrogens with one attached hydrogen (secondary N) is 1. The van der Waals surface area contributed by atoms with Crippen molar-refractivity contribution in [2.75, 3.05) is 5.32 Å². The van der Waals surface area contributed by atoms with Gasteiger partial charge in [0, 0.05) is 11.8 Å². The van der Waals surface area contributed by atoms with Crippen LogP contribution in [0, 0.1) is 6.92 Å². The Bertz CT molecular complexity index is 551. The summed E-state index contributed by atoms with van der Waals surface area (Å²) in [7, 11) is 0. The molecule has 18 heavy (non-hydrogen) atoms. The molecular formula is C15H17N3. The number of rotatable bonds is 2. The Balaban J connectivity index is 1.86. The van der Waals surface area contributed by atoms with Crippen LogP contribution in [-0.2, 0) is 6.42 Å². The van der Waals surface area contributed by atoms with Crippen LogP contribution in [0.1, 0.15) is 35.7 Å². The minimum Gasteiger partial charge on any atom is -0.363 e. The van der Waals surface area contributed by atoms with E-state index in [9.17, 15) is 0 Å². The van der Waals surface area contributed by atoms with Gasteiger partial charge in [-0.15, -0.1) is 0 Å². The van der Waals surface area contributed by atoms with Crippen molar-refractivity contribution in [3.05, 3.63) is 53.5 Å². The Labute approximate surface area is 107 Å². The Morgan fingerprint density at radius 3 is 3.00 bits per heavy atom. The average molecular weight is 239 g/mol. The van der Waals surface area contributed by atoms with E-state index in [2.05, 4.69) is 39.6 Å². The highest BCUT2D eigenvalue weighted by atomic mass is 15.0. The molecule has 0 amide bonds. The number of anilines is 1. The summed E-state index contributed by atoms with van der Waals surface area (Å²) in [6.45, 7) is 1.99. The first kappa shape index (κ1) is 11.2. The van der Waals surface area contributed by atoms with Gasteiger partial charge in [-0.1, -0.05) is 24.3 Å². The predicted octanol–water partition coefficient (Wildman–Crippen LogP) is 3.27. The van der Waals surface area contributed by atoms with Crippen LogP contribution in [-0.4, -0.2) is 9.97 Å². The van der Waals surface area contributed by atoms with Gasteiger partial charge < -0.3 is 5.32 Å². The van der Waals surface area contributed by atoms with Gasteiger partial charge in [0.2, 0.25) is 0 Å². The molecule has 1 aromatic carbocycles. The van der Waals surface area contributed by atoms with Crippen LogP contribution in [0.15, 0.2) is 36.7 Å². The van der Waals surface area contributed by atoms with Crippen molar-refractivity contribution >= 4 is 5.82 Å². The second kappa shape index (κ2) is 4.77. The molecule has 1 aromatic heterocycles. The van der Waals surface area contributed by atoms with Gasteiger partial charge in [-0.25, -0.2) is 9.97 Å². The van der Waals surface area contributed by atoms with Crippen LogP contribution < -0.4 is 5.32 Å². The van der Waals surface area contributed by atoms with Crippen LogP contribution in [0.4, 0.5) is 5.82 Å². The standard InChI is InChI=1S/C15H17N3/c1-11-9-15(17-10-16-11)18-14-8-4-6-12-5-2-3-7-13(12)14/h2-3,5,7,9-10,14H,4,6,8H2,1H3,(H,16,17,18). The van der Waals surface area contributed by atoms with E-state index in [1.165, 1.54) is 30.4 Å². The predicted molar refractivity (Wildman–Crippen MR) is 72.5 cm³/mol. The molecule has 92 valence electrons. The molecule has 0 spiro atoms. The number of aryl methyl sites for hydroxylation is 2. The summed E-state index contributed by atoms with van der Waals surface area (Å²) in [5, 5.41) is 3.53. The van der Waals surface area contributed by atoms with Gasteiger partial charge >= 0.3 is 0 Å². The quantitative estimate of drug-likeness (QED) is 0.874. The normalized spacial score (nSPS) is 18.2. The summed E-state index contributed by atoms with van der Waals surface area (Å²) < 4.78 is 0. The van der Waals surface area contributed by atoms with Gasteiger partial charge in [0.25, 0.3) is 0 Å². The van der Waals surface area contributed by atoms with Crippen molar-refractivity contribution in [1.29, 1.82) is 0 Å². The maximum absolute atomic E-state index is 4.28. The van der Waals surface area contributed by atoms with E-state index in [0.717, 1.165) is 11.5 Å². The lowest BCUT2D eigenvalue weighted by Crippen LogP contribution is -2.17. The molecule has 0 bridgehead atoms. The maximum atomic E-state index is 4.28. The minimum atomic E-state index is 0.379. The first-order valence-corrected chi connectivity index (χ1v) is 6.46. The van der Waals surface area contributed by atoms with Crippen molar-refractivity contribution < 1.29 is 0 Å². The molecule has 0 saturated heterocycles. The number of hydrogen-bond acceptors (Lipinski definition) is 3. The molecule has 3 heteroatoms. The van der Waals surface area contributed by atoms with E-state index >= 15 is 0 Å². The average Bonchev–Trinajstić information content (AvgIpc) is 2.39. The smallest absolute Gasteiger partial charge is 0.130 e. The topological polar surface area (TPSA) is 37.8 Å². The zero-order valence-electron chi connectivity index (χ0n) is 10.6. The molecule has 1 atom stereocenters. The van der Waals surface area contributed by atoms with Crippen molar-refractivity contribution in [2.45, 2.75) is 32.2 Å². The van der Waals surface area contributed by atoms with Crippen LogP contribution in [0.3, 0.4) is 0 Å². The second-order valence-electron chi connectivity index (χ2n) is 4.83. The molecular weight excluding hydrogens is 222 g/mol. The highest BCUT2D eigenvalue weighted by Gasteiger charge is 2.19. The Kier molecular flexibility index (Phi) is 2.97. The van der Waals surface area contributed by atoms with E-state index in [4.69, 9.17) is 0 Å². The number of benzene rings is 1. The van der Waals surface area contributed by atoms with Gasteiger partial charge in [-0.05, 0) is 37.3 Å². The third-order valence-electron chi connectivity index (χ3n) is 3.50. The van der Waals surface area contributed by atoms with Crippen LogP contribution in [0.5, 0.6) is 0 Å². The summed E-state index contributed by atoms with van der Waals surface area (Å²) in [6.07, 6.45) is 5.21. The van der Waals surface area contributed by atoms with Crippen LogP contribution in [0.2, 0.25) is 0 Å². The van der Waals surface area contributed by atoms with E-state index in [1.54, 1.807) is 6.33 Å². The molecule has 1 aliphatic rings. The first-order chi connectivity index (χ1) is 8.83.